The molecule has 0 bridgehead atoms. The van der Waals surface area contributed by atoms with Gasteiger partial charge in [0.05, 0.1) is 19.8 Å². The first-order valence-electron chi connectivity index (χ1n) is 10.1. The Labute approximate surface area is 186 Å². The van der Waals surface area contributed by atoms with E-state index in [-0.39, 0.29) is 24.0 Å². The van der Waals surface area contributed by atoms with E-state index in [0.29, 0.717) is 19.3 Å². The number of ether oxygens (including phenoxy) is 3. The molecular formula is C21H36IN3O3. The van der Waals surface area contributed by atoms with Gasteiger partial charge in [-0.25, -0.2) is 0 Å². The maximum atomic E-state index is 5.96. The zero-order valence-electron chi connectivity index (χ0n) is 17.5. The fourth-order valence-corrected chi connectivity index (χ4v) is 3.26. The van der Waals surface area contributed by atoms with Crippen molar-refractivity contribution in [3.8, 4) is 11.5 Å². The van der Waals surface area contributed by atoms with E-state index in [2.05, 4.69) is 15.6 Å². The number of hydrogen-bond acceptors (Lipinski definition) is 4. The first-order chi connectivity index (χ1) is 13.3. The Balaban J connectivity index is 0.00000392. The summed E-state index contributed by atoms with van der Waals surface area (Å²) in [5.74, 6) is 2.31. The first kappa shape index (κ1) is 24.8. The number of guanidine groups is 1. The maximum absolute atomic E-state index is 5.96. The second kappa shape index (κ2) is 14.7. The molecule has 2 N–H and O–H groups in total. The van der Waals surface area contributed by atoms with Crippen molar-refractivity contribution in [1.29, 1.82) is 0 Å². The van der Waals surface area contributed by atoms with Crippen LogP contribution in [0.3, 0.4) is 0 Å². The van der Waals surface area contributed by atoms with Gasteiger partial charge in [0.25, 0.3) is 0 Å². The number of benzene rings is 1. The Morgan fingerprint density at radius 1 is 1.14 bits per heavy atom. The van der Waals surface area contributed by atoms with Crippen molar-refractivity contribution in [1.82, 2.24) is 10.6 Å². The van der Waals surface area contributed by atoms with Gasteiger partial charge >= 0.3 is 0 Å². The van der Waals surface area contributed by atoms with Crippen molar-refractivity contribution in [2.45, 2.75) is 58.1 Å². The molecule has 2 rings (SSSR count). The van der Waals surface area contributed by atoms with Gasteiger partial charge in [-0.2, -0.15) is 0 Å². The van der Waals surface area contributed by atoms with Crippen molar-refractivity contribution in [2.24, 2.45) is 4.99 Å². The molecule has 0 heterocycles. The summed E-state index contributed by atoms with van der Waals surface area (Å²) in [5, 5.41) is 6.67. The van der Waals surface area contributed by atoms with Crippen LogP contribution in [-0.2, 0) is 11.3 Å². The zero-order valence-corrected chi connectivity index (χ0v) is 19.8. The second-order valence-electron chi connectivity index (χ2n) is 6.76. The van der Waals surface area contributed by atoms with Crippen LogP contribution in [0.4, 0.5) is 0 Å². The molecule has 160 valence electrons. The van der Waals surface area contributed by atoms with E-state index < -0.39 is 0 Å². The zero-order chi connectivity index (χ0) is 19.3. The number of nitrogens with one attached hydrogen (secondary N) is 2. The topological polar surface area (TPSA) is 64.1 Å². The summed E-state index contributed by atoms with van der Waals surface area (Å²) in [6.07, 6.45) is 7.90. The molecule has 1 aromatic carbocycles. The quantitative estimate of drug-likeness (QED) is 0.217. The molecule has 0 unspecified atom stereocenters. The summed E-state index contributed by atoms with van der Waals surface area (Å²) in [6.45, 7) is 4.91. The van der Waals surface area contributed by atoms with E-state index in [1.165, 1.54) is 32.1 Å². The molecule has 0 amide bonds. The van der Waals surface area contributed by atoms with Crippen molar-refractivity contribution in [3.05, 3.63) is 23.8 Å². The predicted octanol–water partition coefficient (Wildman–Crippen LogP) is 4.12. The fraction of sp³-hybridized carbons (Fsp3) is 0.667. The standard InChI is InChI=1S/C21H35N3O3.HI/c1-4-26-19-12-11-17(15-20(19)25-3)16-24-21(22-2)23-13-8-14-27-18-9-6-5-7-10-18;/h11-12,15,18H,4-10,13-14,16H2,1-3H3,(H2,22,23,24);1H. The van der Waals surface area contributed by atoms with E-state index >= 15 is 0 Å². The average Bonchev–Trinajstić information content (AvgIpc) is 2.71. The van der Waals surface area contributed by atoms with Crippen LogP contribution in [0, 0.1) is 0 Å². The van der Waals surface area contributed by atoms with Crippen LogP contribution in [0.15, 0.2) is 23.2 Å². The van der Waals surface area contributed by atoms with Crippen LogP contribution < -0.4 is 20.1 Å². The fourth-order valence-electron chi connectivity index (χ4n) is 3.26. The number of rotatable bonds is 10. The Bertz CT molecular complexity index is 578. The van der Waals surface area contributed by atoms with Gasteiger partial charge in [0.1, 0.15) is 0 Å². The highest BCUT2D eigenvalue weighted by Crippen LogP contribution is 2.27. The lowest BCUT2D eigenvalue weighted by molar-refractivity contribution is 0.0277. The van der Waals surface area contributed by atoms with Gasteiger partial charge in [0.15, 0.2) is 17.5 Å². The lowest BCUT2D eigenvalue weighted by Crippen LogP contribution is -2.37. The summed E-state index contributed by atoms with van der Waals surface area (Å²) in [7, 11) is 3.44. The van der Waals surface area contributed by atoms with E-state index in [9.17, 15) is 0 Å². The van der Waals surface area contributed by atoms with Gasteiger partial charge in [0.2, 0.25) is 0 Å². The normalized spacial score (nSPS) is 14.9. The highest BCUT2D eigenvalue weighted by molar-refractivity contribution is 14.0. The molecule has 0 saturated heterocycles. The summed E-state index contributed by atoms with van der Waals surface area (Å²) in [4.78, 5) is 4.28. The molecule has 0 atom stereocenters. The number of nitrogens with zero attached hydrogens (tertiary/aromatic N) is 1. The monoisotopic (exact) mass is 505 g/mol. The third-order valence-corrected chi connectivity index (χ3v) is 4.73. The summed E-state index contributed by atoms with van der Waals surface area (Å²) >= 11 is 0. The Morgan fingerprint density at radius 3 is 2.61 bits per heavy atom. The highest BCUT2D eigenvalue weighted by Gasteiger charge is 2.13. The molecule has 1 saturated carbocycles. The Hall–Kier alpha value is -1.22. The lowest BCUT2D eigenvalue weighted by atomic mass is 9.98. The minimum atomic E-state index is 0. The van der Waals surface area contributed by atoms with Crippen LogP contribution in [0.1, 0.15) is 51.0 Å². The minimum absolute atomic E-state index is 0. The van der Waals surface area contributed by atoms with E-state index in [0.717, 1.165) is 42.6 Å². The van der Waals surface area contributed by atoms with Gasteiger partial charge < -0.3 is 24.8 Å². The molecule has 1 fully saturated rings. The average molecular weight is 505 g/mol. The van der Waals surface area contributed by atoms with Crippen LogP contribution in [0.5, 0.6) is 11.5 Å². The van der Waals surface area contributed by atoms with Crippen molar-refractivity contribution >= 4 is 29.9 Å². The number of halogens is 1. The van der Waals surface area contributed by atoms with Gasteiger partial charge in [-0.15, -0.1) is 24.0 Å². The molecule has 6 nitrogen and oxygen atoms in total. The van der Waals surface area contributed by atoms with Gasteiger partial charge in [0, 0.05) is 26.7 Å². The third-order valence-electron chi connectivity index (χ3n) is 4.73. The Morgan fingerprint density at radius 2 is 1.93 bits per heavy atom. The number of aliphatic imine (C=N–C) groups is 1. The van der Waals surface area contributed by atoms with Gasteiger partial charge in [-0.05, 0) is 43.9 Å². The first-order valence-corrected chi connectivity index (χ1v) is 10.1. The van der Waals surface area contributed by atoms with E-state index in [1.807, 2.05) is 25.1 Å². The highest BCUT2D eigenvalue weighted by atomic mass is 127. The van der Waals surface area contributed by atoms with Crippen LogP contribution in [0.2, 0.25) is 0 Å². The Kier molecular flexibility index (Phi) is 13.1. The van der Waals surface area contributed by atoms with Crippen LogP contribution >= 0.6 is 24.0 Å². The van der Waals surface area contributed by atoms with E-state index in [4.69, 9.17) is 14.2 Å². The third kappa shape index (κ3) is 8.86. The second-order valence-corrected chi connectivity index (χ2v) is 6.76. The number of hydrogen-bond donors (Lipinski definition) is 2. The molecule has 1 aliphatic carbocycles. The lowest BCUT2D eigenvalue weighted by Gasteiger charge is -2.22. The molecule has 0 aliphatic heterocycles. The molecule has 28 heavy (non-hydrogen) atoms. The molecule has 0 aromatic heterocycles. The van der Waals surface area contributed by atoms with Crippen LogP contribution in [-0.4, -0.2) is 46.0 Å². The molecule has 7 heteroatoms. The summed E-state index contributed by atoms with van der Waals surface area (Å²) < 4.78 is 16.9. The molecule has 0 radical (unpaired) electrons. The SMILES string of the molecule is CCOc1ccc(CNC(=NC)NCCCOC2CCCCC2)cc1OC.I. The summed E-state index contributed by atoms with van der Waals surface area (Å²) in [6, 6.07) is 5.97. The smallest absolute Gasteiger partial charge is 0.191 e. The van der Waals surface area contributed by atoms with Gasteiger partial charge in [-0.3, -0.25) is 4.99 Å². The molecule has 1 aliphatic rings. The van der Waals surface area contributed by atoms with Crippen LogP contribution in [0.25, 0.3) is 0 Å². The molecule has 1 aromatic rings. The molecule has 0 spiro atoms. The van der Waals surface area contributed by atoms with Crippen molar-refractivity contribution < 1.29 is 14.2 Å². The van der Waals surface area contributed by atoms with E-state index in [1.54, 1.807) is 14.2 Å². The largest absolute Gasteiger partial charge is 0.493 e. The van der Waals surface area contributed by atoms with Crippen molar-refractivity contribution in [2.75, 3.05) is 33.9 Å². The minimum Gasteiger partial charge on any atom is -0.493 e. The number of methoxy groups -OCH3 is 1. The maximum Gasteiger partial charge on any atom is 0.191 e. The summed E-state index contributed by atoms with van der Waals surface area (Å²) in [5.41, 5.74) is 1.11. The van der Waals surface area contributed by atoms with Gasteiger partial charge in [-0.1, -0.05) is 25.3 Å². The molecular weight excluding hydrogens is 469 g/mol. The predicted molar refractivity (Wildman–Crippen MR) is 125 cm³/mol. The van der Waals surface area contributed by atoms with Crippen molar-refractivity contribution in [3.63, 3.8) is 0 Å².